The first-order valence-corrected chi connectivity index (χ1v) is 9.21. The van der Waals surface area contributed by atoms with Gasteiger partial charge in [0.1, 0.15) is 11.6 Å². The van der Waals surface area contributed by atoms with Crippen molar-refractivity contribution in [3.05, 3.63) is 35.4 Å². The topological polar surface area (TPSA) is 55.4 Å². The van der Waals surface area contributed by atoms with Crippen LogP contribution in [0.4, 0.5) is 8.78 Å². The fourth-order valence-electron chi connectivity index (χ4n) is 2.11. The van der Waals surface area contributed by atoms with Crippen LogP contribution in [0, 0.1) is 11.6 Å². The third-order valence-electron chi connectivity index (χ3n) is 3.47. The fourth-order valence-corrected chi connectivity index (χ4v) is 4.72. The van der Waals surface area contributed by atoms with Gasteiger partial charge in [0.2, 0.25) is 10.0 Å². The summed E-state index contributed by atoms with van der Waals surface area (Å²) in [7, 11) is -2.21. The Labute approximate surface area is 127 Å². The molecular weight excluding hydrogens is 320 g/mol. The summed E-state index contributed by atoms with van der Waals surface area (Å²) in [4.78, 5) is 0. The van der Waals surface area contributed by atoms with Gasteiger partial charge >= 0.3 is 0 Å². The molecule has 118 valence electrons. The van der Waals surface area contributed by atoms with Crippen molar-refractivity contribution in [3.63, 3.8) is 0 Å². The average molecular weight is 337 g/mol. The Hall–Kier alpha value is -0.700. The normalized spacial score (nSPS) is 22.6. The molecule has 1 fully saturated rings. The lowest BCUT2D eigenvalue weighted by Gasteiger charge is -2.26. The van der Waals surface area contributed by atoms with Crippen LogP contribution in [0.15, 0.2) is 18.2 Å². The van der Waals surface area contributed by atoms with Crippen LogP contribution in [0.5, 0.6) is 0 Å². The average Bonchev–Trinajstić information content (AvgIpc) is 2.90. The monoisotopic (exact) mass is 337 g/mol. The van der Waals surface area contributed by atoms with E-state index in [0.717, 1.165) is 30.4 Å². The second-order valence-corrected chi connectivity index (χ2v) is 7.92. The van der Waals surface area contributed by atoms with Crippen molar-refractivity contribution < 1.29 is 21.9 Å². The first-order chi connectivity index (χ1) is 9.86. The van der Waals surface area contributed by atoms with Gasteiger partial charge in [-0.2, -0.15) is 11.8 Å². The van der Waals surface area contributed by atoms with Crippen molar-refractivity contribution in [3.8, 4) is 0 Å². The number of sulfonamides is 1. The fraction of sp³-hybridized carbons (Fsp3) is 0.538. The Kier molecular flexibility index (Phi) is 5.24. The molecule has 8 heteroatoms. The molecule has 1 saturated heterocycles. The zero-order valence-electron chi connectivity index (χ0n) is 11.6. The molecule has 1 aromatic rings. The van der Waals surface area contributed by atoms with Crippen LogP contribution in [-0.4, -0.2) is 39.2 Å². The molecule has 1 aliphatic heterocycles. The Morgan fingerprint density at radius 3 is 2.81 bits per heavy atom. The van der Waals surface area contributed by atoms with Crippen molar-refractivity contribution in [2.45, 2.75) is 17.8 Å². The van der Waals surface area contributed by atoms with E-state index in [-0.39, 0.29) is 12.1 Å². The first-order valence-electron chi connectivity index (χ1n) is 6.40. The van der Waals surface area contributed by atoms with Crippen molar-refractivity contribution >= 4 is 21.8 Å². The second-order valence-electron chi connectivity index (χ2n) is 5.01. The Bertz CT molecular complexity index is 601. The third-order valence-corrected chi connectivity index (χ3v) is 5.97. The van der Waals surface area contributed by atoms with Crippen LogP contribution in [-0.2, 0) is 20.5 Å². The van der Waals surface area contributed by atoms with Gasteiger partial charge in [0.05, 0.1) is 11.4 Å². The lowest BCUT2D eigenvalue weighted by atomic mass is 10.0. The number of ether oxygens (including phenoxy) is 1. The van der Waals surface area contributed by atoms with Gasteiger partial charge in [-0.1, -0.05) is 0 Å². The van der Waals surface area contributed by atoms with Crippen molar-refractivity contribution in [1.82, 2.24) is 4.72 Å². The zero-order valence-corrected chi connectivity index (χ0v) is 13.2. The predicted octanol–water partition coefficient (Wildman–Crippen LogP) is 1.91. The van der Waals surface area contributed by atoms with E-state index < -0.39 is 33.0 Å². The molecule has 4 nitrogen and oxygen atoms in total. The summed E-state index contributed by atoms with van der Waals surface area (Å²) in [5.74, 6) is -0.375. The maximum absolute atomic E-state index is 13.5. The number of methoxy groups -OCH3 is 1. The first kappa shape index (κ1) is 16.7. The smallest absolute Gasteiger partial charge is 0.215 e. The standard InChI is InChI=1S/C13H17F2NO3S2/c1-19-13(4-5-20-9-13)8-16-21(17,18)7-10-6-11(14)2-3-12(10)15/h2-3,6,16H,4-5,7-9H2,1H3/t13-/m1/s1. The van der Waals surface area contributed by atoms with Crippen LogP contribution >= 0.6 is 11.8 Å². The van der Waals surface area contributed by atoms with Gasteiger partial charge in [-0.05, 0) is 30.4 Å². The highest BCUT2D eigenvalue weighted by atomic mass is 32.2. The highest BCUT2D eigenvalue weighted by Crippen LogP contribution is 2.30. The van der Waals surface area contributed by atoms with E-state index in [4.69, 9.17) is 4.74 Å². The summed E-state index contributed by atoms with van der Waals surface area (Å²) in [5, 5.41) is 0. The van der Waals surface area contributed by atoms with Crippen molar-refractivity contribution in [1.29, 1.82) is 0 Å². The zero-order chi connectivity index (χ0) is 15.5. The third kappa shape index (κ3) is 4.38. The molecule has 1 aliphatic rings. The lowest BCUT2D eigenvalue weighted by Crippen LogP contribution is -2.44. The maximum atomic E-state index is 13.5. The molecule has 1 aromatic carbocycles. The van der Waals surface area contributed by atoms with Gasteiger partial charge in [0.15, 0.2) is 0 Å². The van der Waals surface area contributed by atoms with Gasteiger partial charge in [0.25, 0.3) is 0 Å². The minimum Gasteiger partial charge on any atom is -0.376 e. The summed E-state index contributed by atoms with van der Waals surface area (Å²) in [6, 6.07) is 2.77. The molecule has 0 radical (unpaired) electrons. The molecule has 0 saturated carbocycles. The SMILES string of the molecule is CO[C@@]1(CNS(=O)(=O)Cc2cc(F)ccc2F)CCSC1. The molecule has 0 amide bonds. The quantitative estimate of drug-likeness (QED) is 0.861. The van der Waals surface area contributed by atoms with Crippen LogP contribution in [0.1, 0.15) is 12.0 Å². The Balaban J connectivity index is 2.03. The number of halogens is 2. The molecule has 0 spiro atoms. The molecule has 0 bridgehead atoms. The summed E-state index contributed by atoms with van der Waals surface area (Å²) in [5.41, 5.74) is -0.701. The second kappa shape index (κ2) is 6.60. The van der Waals surface area contributed by atoms with Crippen molar-refractivity contribution in [2.24, 2.45) is 0 Å². The van der Waals surface area contributed by atoms with E-state index >= 15 is 0 Å². The van der Waals surface area contributed by atoms with Crippen LogP contribution in [0.2, 0.25) is 0 Å². The number of rotatable bonds is 6. The van der Waals surface area contributed by atoms with Gasteiger partial charge in [-0.25, -0.2) is 21.9 Å². The lowest BCUT2D eigenvalue weighted by molar-refractivity contribution is 0.0179. The summed E-state index contributed by atoms with van der Waals surface area (Å²) < 4.78 is 58.4. The Morgan fingerprint density at radius 1 is 1.43 bits per heavy atom. The van der Waals surface area contributed by atoms with Crippen LogP contribution < -0.4 is 4.72 Å². The van der Waals surface area contributed by atoms with E-state index in [1.54, 1.807) is 18.9 Å². The molecule has 0 aliphatic carbocycles. The maximum Gasteiger partial charge on any atom is 0.215 e. The van der Waals surface area contributed by atoms with Gasteiger partial charge in [0, 0.05) is 25.0 Å². The number of nitrogens with one attached hydrogen (secondary N) is 1. The summed E-state index contributed by atoms with van der Waals surface area (Å²) >= 11 is 1.70. The number of hydrogen-bond acceptors (Lipinski definition) is 4. The van der Waals surface area contributed by atoms with Crippen LogP contribution in [0.3, 0.4) is 0 Å². The van der Waals surface area contributed by atoms with E-state index in [2.05, 4.69) is 4.72 Å². The largest absolute Gasteiger partial charge is 0.376 e. The molecular formula is C13H17F2NO3S2. The molecule has 1 heterocycles. The number of hydrogen-bond donors (Lipinski definition) is 1. The molecule has 2 rings (SSSR count). The molecule has 1 atom stereocenters. The predicted molar refractivity (Wildman–Crippen MR) is 78.7 cm³/mol. The van der Waals surface area contributed by atoms with Gasteiger partial charge in [-0.3, -0.25) is 0 Å². The van der Waals surface area contributed by atoms with E-state index in [1.165, 1.54) is 0 Å². The van der Waals surface area contributed by atoms with Crippen LogP contribution in [0.25, 0.3) is 0 Å². The number of thioether (sulfide) groups is 1. The van der Waals surface area contributed by atoms with E-state index in [0.29, 0.717) is 5.75 Å². The highest BCUT2D eigenvalue weighted by molar-refractivity contribution is 7.99. The van der Waals surface area contributed by atoms with E-state index in [9.17, 15) is 17.2 Å². The van der Waals surface area contributed by atoms with E-state index in [1.807, 2.05) is 0 Å². The summed E-state index contributed by atoms with van der Waals surface area (Å²) in [6.45, 7) is 0.135. The highest BCUT2D eigenvalue weighted by Gasteiger charge is 2.35. The molecule has 0 unspecified atom stereocenters. The minimum absolute atomic E-state index is 0.135. The minimum atomic E-state index is -3.76. The molecule has 0 aromatic heterocycles. The number of benzene rings is 1. The van der Waals surface area contributed by atoms with Crippen molar-refractivity contribution in [2.75, 3.05) is 25.2 Å². The molecule has 1 N–H and O–H groups in total. The van der Waals surface area contributed by atoms with Gasteiger partial charge in [-0.15, -0.1) is 0 Å². The molecule has 21 heavy (non-hydrogen) atoms. The summed E-state index contributed by atoms with van der Waals surface area (Å²) in [6.07, 6.45) is 0.755. The van der Waals surface area contributed by atoms with Gasteiger partial charge < -0.3 is 4.74 Å². The Morgan fingerprint density at radius 2 is 2.19 bits per heavy atom.